The lowest BCUT2D eigenvalue weighted by molar-refractivity contribution is -0.208. The molecule has 1 fully saturated rings. The molecule has 0 atom stereocenters. The van der Waals surface area contributed by atoms with Crippen molar-refractivity contribution in [3.63, 3.8) is 0 Å². The molecular formula is C18H19BrO2. The molecule has 1 aliphatic carbocycles. The lowest BCUT2D eigenvalue weighted by Gasteiger charge is -2.51. The van der Waals surface area contributed by atoms with Gasteiger partial charge in [-0.1, -0.05) is 58.4 Å². The molecule has 3 heteroatoms. The summed E-state index contributed by atoms with van der Waals surface area (Å²) in [4.78, 5) is 0. The monoisotopic (exact) mass is 346 g/mol. The van der Waals surface area contributed by atoms with E-state index in [1.165, 1.54) is 0 Å². The Balaban J connectivity index is 1.63. The Hall–Kier alpha value is -1.16. The standard InChI is InChI=1S/C18H19BrO2/c1-17(21-11-14-6-3-2-4-7-14)12-18(20,13-17)15-8-5-9-16(19)10-15/h2-10,20H,11-13H2,1H3. The number of hydrogen-bond donors (Lipinski definition) is 1. The third-order valence-corrected chi connectivity index (χ3v) is 4.62. The van der Waals surface area contributed by atoms with Gasteiger partial charge in [0.2, 0.25) is 0 Å². The van der Waals surface area contributed by atoms with Gasteiger partial charge in [-0.05, 0) is 30.2 Å². The highest BCUT2D eigenvalue weighted by molar-refractivity contribution is 9.10. The van der Waals surface area contributed by atoms with Gasteiger partial charge in [-0.2, -0.15) is 0 Å². The first-order chi connectivity index (χ1) is 9.99. The number of aliphatic hydroxyl groups is 1. The average molecular weight is 347 g/mol. The van der Waals surface area contributed by atoms with E-state index in [1.54, 1.807) is 0 Å². The molecule has 2 aromatic carbocycles. The summed E-state index contributed by atoms with van der Waals surface area (Å²) in [7, 11) is 0. The van der Waals surface area contributed by atoms with Crippen LogP contribution in [0.2, 0.25) is 0 Å². The first-order valence-electron chi connectivity index (χ1n) is 7.16. The lowest BCUT2D eigenvalue weighted by atomic mass is 9.65. The molecule has 1 saturated carbocycles. The van der Waals surface area contributed by atoms with E-state index in [1.807, 2.05) is 42.5 Å². The maximum atomic E-state index is 10.7. The third-order valence-electron chi connectivity index (χ3n) is 4.12. The summed E-state index contributed by atoms with van der Waals surface area (Å²) in [5, 5.41) is 10.7. The predicted octanol–water partition coefficient (Wildman–Crippen LogP) is 4.41. The van der Waals surface area contributed by atoms with Crippen LogP contribution >= 0.6 is 15.9 Å². The molecule has 3 rings (SSSR count). The van der Waals surface area contributed by atoms with Crippen molar-refractivity contribution in [3.8, 4) is 0 Å². The summed E-state index contributed by atoms with van der Waals surface area (Å²) in [6.07, 6.45) is 1.26. The van der Waals surface area contributed by atoms with E-state index in [0.717, 1.165) is 15.6 Å². The zero-order chi connectivity index (χ0) is 14.9. The number of ether oxygens (including phenoxy) is 1. The Kier molecular flexibility index (Phi) is 3.91. The molecule has 110 valence electrons. The number of benzene rings is 2. The molecule has 0 saturated heterocycles. The molecule has 0 radical (unpaired) electrons. The van der Waals surface area contributed by atoms with Crippen LogP contribution in [0.1, 0.15) is 30.9 Å². The normalized spacial score (nSPS) is 28.1. The molecule has 1 aliphatic rings. The van der Waals surface area contributed by atoms with Gasteiger partial charge in [0.25, 0.3) is 0 Å². The Labute approximate surface area is 133 Å². The van der Waals surface area contributed by atoms with Crippen molar-refractivity contribution < 1.29 is 9.84 Å². The van der Waals surface area contributed by atoms with Gasteiger partial charge in [-0.15, -0.1) is 0 Å². The fraction of sp³-hybridized carbons (Fsp3) is 0.333. The Morgan fingerprint density at radius 2 is 1.81 bits per heavy atom. The quantitative estimate of drug-likeness (QED) is 0.888. The van der Waals surface area contributed by atoms with Crippen molar-refractivity contribution in [2.45, 2.75) is 37.6 Å². The van der Waals surface area contributed by atoms with Crippen molar-refractivity contribution >= 4 is 15.9 Å². The van der Waals surface area contributed by atoms with Crippen LogP contribution in [0.3, 0.4) is 0 Å². The van der Waals surface area contributed by atoms with E-state index in [9.17, 15) is 5.11 Å². The van der Waals surface area contributed by atoms with Crippen molar-refractivity contribution in [1.82, 2.24) is 0 Å². The van der Waals surface area contributed by atoms with Crippen LogP contribution in [-0.2, 0) is 16.9 Å². The minimum atomic E-state index is -0.769. The van der Waals surface area contributed by atoms with Crippen LogP contribution in [0.4, 0.5) is 0 Å². The fourth-order valence-corrected chi connectivity index (χ4v) is 3.50. The highest BCUT2D eigenvalue weighted by atomic mass is 79.9. The Morgan fingerprint density at radius 1 is 1.10 bits per heavy atom. The summed E-state index contributed by atoms with van der Waals surface area (Å²) in [5.74, 6) is 0. The van der Waals surface area contributed by atoms with Gasteiger partial charge in [0.05, 0.1) is 17.8 Å². The summed E-state index contributed by atoms with van der Waals surface area (Å²) >= 11 is 3.46. The minimum absolute atomic E-state index is 0.257. The van der Waals surface area contributed by atoms with Crippen molar-refractivity contribution in [1.29, 1.82) is 0 Å². The largest absolute Gasteiger partial charge is 0.385 e. The second-order valence-corrected chi connectivity index (χ2v) is 7.04. The van der Waals surface area contributed by atoms with E-state index in [0.29, 0.717) is 19.4 Å². The van der Waals surface area contributed by atoms with Gasteiger partial charge in [0.1, 0.15) is 0 Å². The highest BCUT2D eigenvalue weighted by Crippen LogP contribution is 2.50. The van der Waals surface area contributed by atoms with E-state index in [2.05, 4.69) is 35.0 Å². The van der Waals surface area contributed by atoms with Crippen LogP contribution in [0.25, 0.3) is 0 Å². The molecule has 0 aromatic heterocycles. The number of rotatable bonds is 4. The maximum absolute atomic E-state index is 10.7. The highest BCUT2D eigenvalue weighted by Gasteiger charge is 2.52. The fourth-order valence-electron chi connectivity index (χ4n) is 3.10. The summed E-state index contributed by atoms with van der Waals surface area (Å²) in [6.45, 7) is 2.66. The second kappa shape index (κ2) is 5.56. The molecule has 0 bridgehead atoms. The molecule has 0 aliphatic heterocycles. The molecule has 21 heavy (non-hydrogen) atoms. The smallest absolute Gasteiger partial charge is 0.0951 e. The number of hydrogen-bond acceptors (Lipinski definition) is 2. The molecular weight excluding hydrogens is 328 g/mol. The van der Waals surface area contributed by atoms with Gasteiger partial charge >= 0.3 is 0 Å². The van der Waals surface area contributed by atoms with Crippen molar-refractivity contribution in [2.24, 2.45) is 0 Å². The third kappa shape index (κ3) is 3.20. The molecule has 0 heterocycles. The molecule has 0 amide bonds. The lowest BCUT2D eigenvalue weighted by Crippen LogP contribution is -2.54. The number of halogens is 1. The zero-order valence-electron chi connectivity index (χ0n) is 12.1. The van der Waals surface area contributed by atoms with Gasteiger partial charge in [-0.3, -0.25) is 0 Å². The molecule has 2 aromatic rings. The molecule has 0 unspecified atom stereocenters. The minimum Gasteiger partial charge on any atom is -0.385 e. The molecule has 0 spiro atoms. The average Bonchev–Trinajstić information content (AvgIpc) is 2.45. The molecule has 2 nitrogen and oxygen atoms in total. The van der Waals surface area contributed by atoms with E-state index < -0.39 is 5.60 Å². The summed E-state index contributed by atoms with van der Waals surface area (Å²) < 4.78 is 7.02. The first-order valence-corrected chi connectivity index (χ1v) is 7.95. The summed E-state index contributed by atoms with van der Waals surface area (Å²) in [5.41, 5.74) is 1.09. The van der Waals surface area contributed by atoms with Crippen molar-refractivity contribution in [2.75, 3.05) is 0 Å². The van der Waals surface area contributed by atoms with Crippen LogP contribution < -0.4 is 0 Å². The Bertz CT molecular complexity index is 618. The predicted molar refractivity (Wildman–Crippen MR) is 86.9 cm³/mol. The maximum Gasteiger partial charge on any atom is 0.0951 e. The van der Waals surface area contributed by atoms with E-state index >= 15 is 0 Å². The first kappa shape index (κ1) is 14.8. The SMILES string of the molecule is CC1(OCc2ccccc2)CC(O)(c2cccc(Br)c2)C1. The van der Waals surface area contributed by atoms with Gasteiger partial charge in [0, 0.05) is 17.3 Å². The van der Waals surface area contributed by atoms with Crippen molar-refractivity contribution in [3.05, 3.63) is 70.2 Å². The van der Waals surface area contributed by atoms with Gasteiger partial charge < -0.3 is 9.84 Å². The zero-order valence-corrected chi connectivity index (χ0v) is 13.6. The summed E-state index contributed by atoms with van der Waals surface area (Å²) in [6, 6.07) is 18.0. The van der Waals surface area contributed by atoms with Crippen LogP contribution in [-0.4, -0.2) is 10.7 Å². The van der Waals surface area contributed by atoms with Gasteiger partial charge in [0.15, 0.2) is 0 Å². The second-order valence-electron chi connectivity index (χ2n) is 6.12. The van der Waals surface area contributed by atoms with E-state index in [4.69, 9.17) is 4.74 Å². The molecule has 1 N–H and O–H groups in total. The topological polar surface area (TPSA) is 29.5 Å². The van der Waals surface area contributed by atoms with E-state index in [-0.39, 0.29) is 5.60 Å². The Morgan fingerprint density at radius 3 is 2.48 bits per heavy atom. The van der Waals surface area contributed by atoms with Crippen LogP contribution in [0, 0.1) is 0 Å². The van der Waals surface area contributed by atoms with Gasteiger partial charge in [-0.25, -0.2) is 0 Å². The van der Waals surface area contributed by atoms with Crippen LogP contribution in [0.15, 0.2) is 59.1 Å². The van der Waals surface area contributed by atoms with Crippen LogP contribution in [0.5, 0.6) is 0 Å².